The molecule has 100 valence electrons. The summed E-state index contributed by atoms with van der Waals surface area (Å²) in [6, 6.07) is 7.65. The molecule has 2 aromatic rings. The third kappa shape index (κ3) is 3.06. The molecular weight excluding hydrogens is 250 g/mol. The van der Waals surface area contributed by atoms with Crippen LogP contribution in [0.15, 0.2) is 36.5 Å². The van der Waals surface area contributed by atoms with Crippen LogP contribution in [0.25, 0.3) is 0 Å². The van der Waals surface area contributed by atoms with Gasteiger partial charge in [0.25, 0.3) is 0 Å². The third-order valence-corrected chi connectivity index (χ3v) is 2.77. The molecule has 0 saturated heterocycles. The van der Waals surface area contributed by atoms with Gasteiger partial charge in [0.2, 0.25) is 0 Å². The minimum Gasteiger partial charge on any atom is -0.392 e. The summed E-state index contributed by atoms with van der Waals surface area (Å²) in [4.78, 5) is 5.56. The highest BCUT2D eigenvalue weighted by Gasteiger charge is 2.15. The molecule has 0 fully saturated rings. The van der Waals surface area contributed by atoms with Gasteiger partial charge in [0.15, 0.2) is 0 Å². The lowest BCUT2D eigenvalue weighted by atomic mass is 10.1. The third-order valence-electron chi connectivity index (χ3n) is 2.77. The summed E-state index contributed by atoms with van der Waals surface area (Å²) in [5.41, 5.74) is 0.808. The van der Waals surface area contributed by atoms with E-state index in [-0.39, 0.29) is 11.3 Å². The molecule has 1 N–H and O–H groups in total. The predicted octanol–water partition coefficient (Wildman–Crippen LogP) is 2.49. The van der Waals surface area contributed by atoms with E-state index in [9.17, 15) is 8.78 Å². The minimum atomic E-state index is -0.692. The highest BCUT2D eigenvalue weighted by atomic mass is 19.1. The smallest absolute Gasteiger partial charge is 0.149 e. The first-order valence-electron chi connectivity index (χ1n) is 5.81. The maximum Gasteiger partial charge on any atom is 0.149 e. The second-order valence-corrected chi connectivity index (χ2v) is 4.24. The molecule has 0 unspecified atom stereocenters. The summed E-state index contributed by atoms with van der Waals surface area (Å²) in [7, 11) is 1.59. The summed E-state index contributed by atoms with van der Waals surface area (Å²) in [6.45, 7) is -0.0920. The Morgan fingerprint density at radius 2 is 1.89 bits per heavy atom. The van der Waals surface area contributed by atoms with Crippen LogP contribution >= 0.6 is 0 Å². The molecule has 3 nitrogen and oxygen atoms in total. The van der Waals surface area contributed by atoms with Crippen molar-refractivity contribution in [2.24, 2.45) is 0 Å². The van der Waals surface area contributed by atoms with Crippen molar-refractivity contribution in [2.45, 2.75) is 13.2 Å². The van der Waals surface area contributed by atoms with Gasteiger partial charge < -0.3 is 10.0 Å². The first kappa shape index (κ1) is 13.4. The van der Waals surface area contributed by atoms with Gasteiger partial charge in [0.05, 0.1) is 18.8 Å². The highest BCUT2D eigenvalue weighted by molar-refractivity contribution is 5.50. The zero-order valence-electron chi connectivity index (χ0n) is 10.5. The van der Waals surface area contributed by atoms with Crippen LogP contribution in [0.1, 0.15) is 11.3 Å². The molecule has 0 aliphatic rings. The predicted molar refractivity (Wildman–Crippen MR) is 68.6 cm³/mol. The van der Waals surface area contributed by atoms with Gasteiger partial charge in [0.1, 0.15) is 17.3 Å². The van der Waals surface area contributed by atoms with E-state index in [2.05, 4.69) is 4.98 Å². The molecule has 5 heteroatoms. The SMILES string of the molecule is CN(Cc1ccccn1)c1c(F)cc(CO)cc1F. The van der Waals surface area contributed by atoms with Crippen LogP contribution in [0.5, 0.6) is 0 Å². The largest absolute Gasteiger partial charge is 0.392 e. The first-order valence-corrected chi connectivity index (χ1v) is 5.81. The molecule has 0 spiro atoms. The Bertz CT molecular complexity index is 538. The van der Waals surface area contributed by atoms with E-state index in [0.717, 1.165) is 17.8 Å². The maximum atomic E-state index is 13.8. The Hall–Kier alpha value is -2.01. The first-order chi connectivity index (χ1) is 9.11. The lowest BCUT2D eigenvalue weighted by molar-refractivity contribution is 0.280. The molecule has 0 aliphatic heterocycles. The van der Waals surface area contributed by atoms with Crippen LogP contribution in [0, 0.1) is 11.6 Å². The molecular formula is C14H14F2N2O. The Kier molecular flexibility index (Phi) is 4.06. The van der Waals surface area contributed by atoms with Crippen molar-refractivity contribution in [1.82, 2.24) is 4.98 Å². The number of aromatic nitrogens is 1. The fraction of sp³-hybridized carbons (Fsp3) is 0.214. The number of hydrogen-bond donors (Lipinski definition) is 1. The van der Waals surface area contributed by atoms with Gasteiger partial charge in [-0.25, -0.2) is 8.78 Å². The van der Waals surface area contributed by atoms with Gasteiger partial charge in [-0.2, -0.15) is 0 Å². The molecule has 0 radical (unpaired) electrons. The topological polar surface area (TPSA) is 36.4 Å². The summed E-state index contributed by atoms with van der Waals surface area (Å²) in [5.74, 6) is -1.38. The van der Waals surface area contributed by atoms with Crippen LogP contribution in [0.2, 0.25) is 0 Å². The van der Waals surface area contributed by atoms with Crippen LogP contribution in [0.4, 0.5) is 14.5 Å². The van der Waals surface area contributed by atoms with E-state index >= 15 is 0 Å². The molecule has 19 heavy (non-hydrogen) atoms. The van der Waals surface area contributed by atoms with Crippen LogP contribution < -0.4 is 4.90 Å². The second-order valence-electron chi connectivity index (χ2n) is 4.24. The number of pyridine rings is 1. The number of rotatable bonds is 4. The van der Waals surface area contributed by atoms with Gasteiger partial charge in [-0.3, -0.25) is 4.98 Å². The summed E-state index contributed by atoms with van der Waals surface area (Å²) in [6.07, 6.45) is 1.63. The molecule has 0 saturated carbocycles. The fourth-order valence-electron chi connectivity index (χ4n) is 1.89. The minimum absolute atomic E-state index is 0.122. The van der Waals surface area contributed by atoms with E-state index in [4.69, 9.17) is 5.11 Å². The van der Waals surface area contributed by atoms with Crippen molar-refractivity contribution in [3.05, 3.63) is 59.4 Å². The van der Waals surface area contributed by atoms with Crippen molar-refractivity contribution in [3.63, 3.8) is 0 Å². The Morgan fingerprint density at radius 1 is 1.21 bits per heavy atom. The van der Waals surface area contributed by atoms with Gasteiger partial charge >= 0.3 is 0 Å². The summed E-state index contributed by atoms with van der Waals surface area (Å²) < 4.78 is 27.7. The van der Waals surface area contributed by atoms with E-state index in [1.807, 2.05) is 6.07 Å². The molecule has 1 aromatic heterocycles. The number of halogens is 2. The van der Waals surface area contributed by atoms with Crippen molar-refractivity contribution < 1.29 is 13.9 Å². The Balaban J connectivity index is 2.26. The number of aliphatic hydroxyl groups excluding tert-OH is 1. The normalized spacial score (nSPS) is 10.5. The van der Waals surface area contributed by atoms with Crippen molar-refractivity contribution >= 4 is 5.69 Å². The number of benzene rings is 1. The number of aliphatic hydroxyl groups is 1. The molecule has 1 heterocycles. The van der Waals surface area contributed by atoms with Crippen molar-refractivity contribution in [1.29, 1.82) is 0 Å². The standard InChI is InChI=1S/C14H14F2N2O/c1-18(8-11-4-2-3-5-17-11)14-12(15)6-10(9-19)7-13(14)16/h2-7,19H,8-9H2,1H3. The number of hydrogen-bond acceptors (Lipinski definition) is 3. The molecule has 0 aliphatic carbocycles. The molecule has 2 rings (SSSR count). The maximum absolute atomic E-state index is 13.8. The average Bonchev–Trinajstić information content (AvgIpc) is 2.38. The zero-order chi connectivity index (χ0) is 13.8. The fourth-order valence-corrected chi connectivity index (χ4v) is 1.89. The van der Waals surface area contributed by atoms with Gasteiger partial charge in [-0.1, -0.05) is 6.07 Å². The lowest BCUT2D eigenvalue weighted by Gasteiger charge is -2.20. The summed E-state index contributed by atoms with van der Waals surface area (Å²) in [5, 5.41) is 8.89. The monoisotopic (exact) mass is 264 g/mol. The quantitative estimate of drug-likeness (QED) is 0.921. The Morgan fingerprint density at radius 3 is 2.42 bits per heavy atom. The molecule has 0 atom stereocenters. The van der Waals surface area contributed by atoms with Crippen molar-refractivity contribution in [3.8, 4) is 0 Å². The molecule has 0 amide bonds. The van der Waals surface area contributed by atoms with Gasteiger partial charge in [-0.05, 0) is 29.8 Å². The van der Waals surface area contributed by atoms with E-state index in [0.29, 0.717) is 6.54 Å². The molecule has 1 aromatic carbocycles. The summed E-state index contributed by atoms with van der Waals surface area (Å²) >= 11 is 0. The van der Waals surface area contributed by atoms with Crippen molar-refractivity contribution in [2.75, 3.05) is 11.9 Å². The molecule has 0 bridgehead atoms. The van der Waals surface area contributed by atoms with Crippen LogP contribution in [-0.4, -0.2) is 17.1 Å². The highest BCUT2D eigenvalue weighted by Crippen LogP contribution is 2.25. The Labute approximate surface area is 110 Å². The van der Waals surface area contributed by atoms with Gasteiger partial charge in [0, 0.05) is 13.2 Å². The van der Waals surface area contributed by atoms with Crippen LogP contribution in [0.3, 0.4) is 0 Å². The van der Waals surface area contributed by atoms with E-state index < -0.39 is 18.2 Å². The van der Waals surface area contributed by atoms with E-state index in [1.165, 1.54) is 4.90 Å². The van der Waals surface area contributed by atoms with E-state index in [1.54, 1.807) is 25.4 Å². The van der Waals surface area contributed by atoms with Gasteiger partial charge in [-0.15, -0.1) is 0 Å². The second kappa shape index (κ2) is 5.75. The number of nitrogens with zero attached hydrogens (tertiary/aromatic N) is 2. The van der Waals surface area contributed by atoms with Crippen LogP contribution in [-0.2, 0) is 13.2 Å². The zero-order valence-corrected chi connectivity index (χ0v) is 10.5. The average molecular weight is 264 g/mol. The number of anilines is 1. The lowest BCUT2D eigenvalue weighted by Crippen LogP contribution is -2.20.